The maximum atomic E-state index is 10.1. The minimum atomic E-state index is -2.97. The van der Waals surface area contributed by atoms with Crippen molar-refractivity contribution in [2.24, 2.45) is 0 Å². The molecule has 0 spiro atoms. The molecule has 0 heterocycles. The van der Waals surface area contributed by atoms with Crippen molar-refractivity contribution in [1.82, 2.24) is 6.15 Å². The fourth-order valence-electron chi connectivity index (χ4n) is 0.684. The SMILES string of the molecule is O=C([O-])CC(O)(CC(=O)[O-])C(=O)[O-].[Mg+2].[NH4+]. The summed E-state index contributed by atoms with van der Waals surface area (Å²) in [6.45, 7) is 0. The van der Waals surface area contributed by atoms with Gasteiger partial charge in [0.05, 0.1) is 5.97 Å². The fourth-order valence-corrected chi connectivity index (χ4v) is 0.684. The van der Waals surface area contributed by atoms with E-state index in [9.17, 15) is 29.7 Å². The summed E-state index contributed by atoms with van der Waals surface area (Å²) in [6.07, 6.45) is -2.72. The van der Waals surface area contributed by atoms with Crippen LogP contribution in [0, 0.1) is 0 Å². The Morgan fingerprint density at radius 1 is 1.00 bits per heavy atom. The molecule has 0 unspecified atom stereocenters. The first-order valence-electron chi connectivity index (χ1n) is 3.11. The van der Waals surface area contributed by atoms with Crippen LogP contribution in [0.2, 0.25) is 0 Å². The average molecular weight is 231 g/mol. The Morgan fingerprint density at radius 3 is 1.40 bits per heavy atom. The molecule has 0 radical (unpaired) electrons. The summed E-state index contributed by atoms with van der Waals surface area (Å²) < 4.78 is 0. The Bertz CT molecular complexity index is 238. The van der Waals surface area contributed by atoms with Crippen LogP contribution in [0.4, 0.5) is 0 Å². The molecule has 0 aromatic heterocycles. The normalized spacial score (nSPS) is 9.40. The Morgan fingerprint density at radius 2 is 1.27 bits per heavy atom. The summed E-state index contributed by atoms with van der Waals surface area (Å²) in [7, 11) is 0. The van der Waals surface area contributed by atoms with Gasteiger partial charge in [-0.3, -0.25) is 0 Å². The van der Waals surface area contributed by atoms with Crippen LogP contribution in [-0.4, -0.2) is 51.7 Å². The van der Waals surface area contributed by atoms with Crippen molar-refractivity contribution < 1.29 is 34.8 Å². The maximum absolute atomic E-state index is 10.1. The third kappa shape index (κ3) is 7.08. The first-order valence-corrected chi connectivity index (χ1v) is 3.11. The first kappa shape index (κ1) is 19.6. The van der Waals surface area contributed by atoms with Crippen LogP contribution < -0.4 is 21.5 Å². The van der Waals surface area contributed by atoms with E-state index in [1.807, 2.05) is 0 Å². The van der Waals surface area contributed by atoms with E-state index in [1.165, 1.54) is 0 Å². The number of carboxylic acids is 3. The van der Waals surface area contributed by atoms with Crippen LogP contribution in [0.3, 0.4) is 0 Å². The number of carboxylic acid groups (broad SMARTS) is 3. The van der Waals surface area contributed by atoms with Gasteiger partial charge in [0.15, 0.2) is 0 Å². The smallest absolute Gasteiger partial charge is 0.550 e. The zero-order valence-electron chi connectivity index (χ0n) is 8.02. The van der Waals surface area contributed by atoms with E-state index in [1.54, 1.807) is 0 Å². The standard InChI is InChI=1S/C6H8O7.Mg.H3N/c7-3(8)1-6(13,5(11)12)2-4(9)10;;/h13H,1-2H2,(H,7,8)(H,9,10)(H,11,12);;1H3/q;+2;/p-2. The van der Waals surface area contributed by atoms with Gasteiger partial charge in [-0.1, -0.05) is 0 Å². The zero-order chi connectivity index (χ0) is 10.6. The van der Waals surface area contributed by atoms with Gasteiger partial charge in [-0.15, -0.1) is 0 Å². The van der Waals surface area contributed by atoms with Gasteiger partial charge in [0, 0.05) is 24.8 Å². The van der Waals surface area contributed by atoms with E-state index < -0.39 is 36.4 Å². The Kier molecular flexibility index (Phi) is 9.68. The quantitative estimate of drug-likeness (QED) is 0.444. The van der Waals surface area contributed by atoms with Gasteiger partial charge in [0.1, 0.15) is 5.60 Å². The summed E-state index contributed by atoms with van der Waals surface area (Å²) in [6, 6.07) is 0. The molecule has 8 nitrogen and oxygen atoms in total. The van der Waals surface area contributed by atoms with Crippen molar-refractivity contribution in [3.05, 3.63) is 0 Å². The number of carbonyl (C=O) groups excluding carboxylic acids is 3. The van der Waals surface area contributed by atoms with Gasteiger partial charge in [0.25, 0.3) is 0 Å². The van der Waals surface area contributed by atoms with Gasteiger partial charge in [0.2, 0.25) is 0 Å². The molecule has 82 valence electrons. The topological polar surface area (TPSA) is 177 Å². The van der Waals surface area contributed by atoms with E-state index in [2.05, 4.69) is 0 Å². The number of rotatable bonds is 5. The van der Waals surface area contributed by atoms with Crippen molar-refractivity contribution in [1.29, 1.82) is 0 Å². The molecule has 15 heavy (non-hydrogen) atoms. The number of hydrogen-bond donors (Lipinski definition) is 2. The molecule has 9 heteroatoms. The Balaban J connectivity index is -0.000000720. The molecule has 0 aromatic rings. The monoisotopic (exact) mass is 231 g/mol. The zero-order valence-corrected chi connectivity index (χ0v) is 9.43. The molecule has 0 aliphatic carbocycles. The van der Waals surface area contributed by atoms with Gasteiger partial charge in [-0.05, 0) is 0 Å². The Hall–Kier alpha value is -0.904. The van der Waals surface area contributed by atoms with E-state index in [-0.39, 0.29) is 29.2 Å². The average Bonchev–Trinajstić information content (AvgIpc) is 1.82. The molecule has 0 aliphatic heterocycles. The van der Waals surface area contributed by atoms with Crippen LogP contribution in [0.25, 0.3) is 0 Å². The van der Waals surface area contributed by atoms with E-state index in [4.69, 9.17) is 5.11 Å². The van der Waals surface area contributed by atoms with E-state index in [0.717, 1.165) is 0 Å². The molecule has 0 fully saturated rings. The molecule has 0 aromatic carbocycles. The molecular formula is C6H9MgNO7. The second kappa shape index (κ2) is 7.40. The van der Waals surface area contributed by atoms with E-state index in [0.29, 0.717) is 0 Å². The third-order valence-corrected chi connectivity index (χ3v) is 1.25. The third-order valence-electron chi connectivity index (χ3n) is 1.25. The number of aliphatic carboxylic acids is 3. The van der Waals surface area contributed by atoms with E-state index >= 15 is 0 Å². The number of hydrogen-bond acceptors (Lipinski definition) is 7. The van der Waals surface area contributed by atoms with Crippen molar-refractivity contribution in [3.8, 4) is 0 Å². The molecule has 5 N–H and O–H groups in total. The number of carbonyl (C=O) groups is 3. The molecule has 0 aliphatic rings. The minimum Gasteiger partial charge on any atom is -0.550 e. The van der Waals surface area contributed by atoms with Crippen molar-refractivity contribution in [3.63, 3.8) is 0 Å². The number of quaternary nitrogens is 1. The molecule has 0 bridgehead atoms. The maximum Gasteiger partial charge on any atom is 2.00 e. The first-order chi connectivity index (χ1) is 5.78. The van der Waals surface area contributed by atoms with Crippen LogP contribution in [0.5, 0.6) is 0 Å². The van der Waals surface area contributed by atoms with Crippen LogP contribution >= 0.6 is 0 Å². The van der Waals surface area contributed by atoms with Gasteiger partial charge >= 0.3 is 23.1 Å². The molecule has 0 amide bonds. The molecule has 0 saturated carbocycles. The predicted octanol–water partition coefficient (Wildman–Crippen LogP) is -5.26. The molecule has 0 saturated heterocycles. The predicted molar refractivity (Wildman–Crippen MR) is 40.9 cm³/mol. The molecular weight excluding hydrogens is 222 g/mol. The van der Waals surface area contributed by atoms with Crippen LogP contribution in [0.15, 0.2) is 0 Å². The second-order valence-electron chi connectivity index (χ2n) is 2.42. The van der Waals surface area contributed by atoms with Gasteiger partial charge in [-0.2, -0.15) is 0 Å². The molecule has 0 atom stereocenters. The summed E-state index contributed by atoms with van der Waals surface area (Å²) in [4.78, 5) is 30.0. The van der Waals surface area contributed by atoms with Crippen LogP contribution in [0.1, 0.15) is 12.8 Å². The summed E-state index contributed by atoms with van der Waals surface area (Å²) in [5.41, 5.74) is -2.97. The van der Waals surface area contributed by atoms with Gasteiger partial charge in [-0.25, -0.2) is 0 Å². The van der Waals surface area contributed by atoms with Crippen molar-refractivity contribution in [2.75, 3.05) is 0 Å². The van der Waals surface area contributed by atoms with Gasteiger partial charge < -0.3 is 41.0 Å². The minimum absolute atomic E-state index is 0. The fraction of sp³-hybridized carbons (Fsp3) is 0.500. The summed E-state index contributed by atoms with van der Waals surface area (Å²) in [5, 5.41) is 38.9. The summed E-state index contributed by atoms with van der Waals surface area (Å²) in [5.74, 6) is -5.98. The number of aliphatic hydroxyl groups is 1. The van der Waals surface area contributed by atoms with Crippen molar-refractivity contribution in [2.45, 2.75) is 18.4 Å². The Labute approximate surface area is 101 Å². The summed E-state index contributed by atoms with van der Waals surface area (Å²) >= 11 is 0. The van der Waals surface area contributed by atoms with Crippen molar-refractivity contribution >= 4 is 41.0 Å². The molecule has 0 rings (SSSR count). The largest absolute Gasteiger partial charge is 2.00 e. The second-order valence-corrected chi connectivity index (χ2v) is 2.42. The van der Waals surface area contributed by atoms with Crippen LogP contribution in [-0.2, 0) is 14.4 Å².